The highest BCUT2D eigenvalue weighted by atomic mass is 19.1. The molecule has 1 aliphatic carbocycles. The zero-order valence-corrected chi connectivity index (χ0v) is 11.9. The van der Waals surface area contributed by atoms with Gasteiger partial charge in [-0.2, -0.15) is 0 Å². The summed E-state index contributed by atoms with van der Waals surface area (Å²) < 4.78 is 19.0. The molecule has 1 saturated carbocycles. The SMILES string of the molecule is CCNC(=O)NCCOC(=O)C1(c2ccccc2F)CC1. The molecule has 0 unspecified atom stereocenters. The predicted octanol–water partition coefficient (Wildman–Crippen LogP) is 1.72. The number of halogens is 1. The summed E-state index contributed by atoms with van der Waals surface area (Å²) >= 11 is 0. The third-order valence-electron chi connectivity index (χ3n) is 3.49. The van der Waals surface area contributed by atoms with Crippen LogP contribution in [0.2, 0.25) is 0 Å². The summed E-state index contributed by atoms with van der Waals surface area (Å²) in [5, 5.41) is 5.13. The minimum absolute atomic E-state index is 0.0756. The summed E-state index contributed by atoms with van der Waals surface area (Å²) in [6.07, 6.45) is 1.19. The average Bonchev–Trinajstić information content (AvgIpc) is 3.26. The van der Waals surface area contributed by atoms with Crippen molar-refractivity contribution in [2.24, 2.45) is 0 Å². The highest BCUT2D eigenvalue weighted by Gasteiger charge is 2.54. The molecule has 0 radical (unpaired) electrons. The molecule has 0 bridgehead atoms. The Bertz CT molecular complexity index is 529. The summed E-state index contributed by atoms with van der Waals surface area (Å²) in [6.45, 7) is 2.64. The second kappa shape index (κ2) is 6.56. The molecule has 1 fully saturated rings. The molecular weight excluding hydrogens is 275 g/mol. The lowest BCUT2D eigenvalue weighted by molar-refractivity contribution is -0.146. The van der Waals surface area contributed by atoms with E-state index in [4.69, 9.17) is 4.74 Å². The Hall–Kier alpha value is -2.11. The van der Waals surface area contributed by atoms with Gasteiger partial charge in [-0.05, 0) is 25.8 Å². The molecule has 6 heteroatoms. The number of benzene rings is 1. The van der Waals surface area contributed by atoms with Crippen molar-refractivity contribution in [1.82, 2.24) is 10.6 Å². The van der Waals surface area contributed by atoms with Gasteiger partial charge in [0.15, 0.2) is 0 Å². The van der Waals surface area contributed by atoms with Gasteiger partial charge in [0, 0.05) is 12.1 Å². The molecule has 0 heterocycles. The van der Waals surface area contributed by atoms with Gasteiger partial charge in [0.25, 0.3) is 0 Å². The lowest BCUT2D eigenvalue weighted by atomic mass is 9.95. The Labute approximate surface area is 122 Å². The molecule has 1 aromatic carbocycles. The summed E-state index contributed by atoms with van der Waals surface area (Å²) in [7, 11) is 0. The fraction of sp³-hybridized carbons (Fsp3) is 0.467. The van der Waals surface area contributed by atoms with Gasteiger partial charge in [-0.15, -0.1) is 0 Å². The maximum atomic E-state index is 13.8. The van der Waals surface area contributed by atoms with Gasteiger partial charge in [-0.3, -0.25) is 4.79 Å². The molecule has 114 valence electrons. The number of rotatable bonds is 6. The maximum Gasteiger partial charge on any atom is 0.316 e. The van der Waals surface area contributed by atoms with E-state index < -0.39 is 11.4 Å². The van der Waals surface area contributed by atoms with Crippen molar-refractivity contribution >= 4 is 12.0 Å². The number of hydrogen-bond donors (Lipinski definition) is 2. The quantitative estimate of drug-likeness (QED) is 0.620. The number of esters is 1. The van der Waals surface area contributed by atoms with E-state index in [0.717, 1.165) is 0 Å². The Balaban J connectivity index is 1.84. The zero-order valence-electron chi connectivity index (χ0n) is 11.9. The van der Waals surface area contributed by atoms with Gasteiger partial charge in [-0.25, -0.2) is 9.18 Å². The second-order valence-corrected chi connectivity index (χ2v) is 4.98. The van der Waals surface area contributed by atoms with E-state index >= 15 is 0 Å². The van der Waals surface area contributed by atoms with Crippen LogP contribution in [0.4, 0.5) is 9.18 Å². The molecule has 2 rings (SSSR count). The third kappa shape index (κ3) is 3.51. The van der Waals surface area contributed by atoms with Crippen molar-refractivity contribution in [3.05, 3.63) is 35.6 Å². The minimum Gasteiger partial charge on any atom is -0.463 e. The van der Waals surface area contributed by atoms with Crippen molar-refractivity contribution < 1.29 is 18.7 Å². The highest BCUT2D eigenvalue weighted by Crippen LogP contribution is 2.49. The van der Waals surface area contributed by atoms with Crippen molar-refractivity contribution in [3.63, 3.8) is 0 Å². The van der Waals surface area contributed by atoms with Crippen LogP contribution in [-0.4, -0.2) is 31.7 Å². The number of carbonyl (C=O) groups excluding carboxylic acids is 2. The van der Waals surface area contributed by atoms with Crippen LogP contribution in [0.15, 0.2) is 24.3 Å². The maximum absolute atomic E-state index is 13.8. The van der Waals surface area contributed by atoms with Crippen LogP contribution in [0.5, 0.6) is 0 Å². The van der Waals surface area contributed by atoms with E-state index in [1.54, 1.807) is 18.2 Å². The molecule has 0 aromatic heterocycles. The Morgan fingerprint density at radius 1 is 1.29 bits per heavy atom. The highest BCUT2D eigenvalue weighted by molar-refractivity contribution is 5.86. The van der Waals surface area contributed by atoms with E-state index in [9.17, 15) is 14.0 Å². The van der Waals surface area contributed by atoms with Crippen molar-refractivity contribution in [3.8, 4) is 0 Å². The van der Waals surface area contributed by atoms with Gasteiger partial charge in [-0.1, -0.05) is 18.2 Å². The molecule has 5 nitrogen and oxygen atoms in total. The molecule has 2 N–H and O–H groups in total. The molecule has 0 saturated heterocycles. The van der Waals surface area contributed by atoms with E-state index in [-0.39, 0.29) is 25.0 Å². The van der Waals surface area contributed by atoms with Crippen LogP contribution in [0.3, 0.4) is 0 Å². The Kier molecular flexibility index (Phi) is 4.77. The number of urea groups is 1. The molecule has 1 aromatic rings. The average molecular weight is 294 g/mol. The zero-order chi connectivity index (χ0) is 15.3. The van der Waals surface area contributed by atoms with Crippen molar-refractivity contribution in [2.75, 3.05) is 19.7 Å². The first-order chi connectivity index (χ1) is 10.1. The summed E-state index contributed by atoms with van der Waals surface area (Å²) in [5.74, 6) is -0.808. The van der Waals surface area contributed by atoms with Crippen molar-refractivity contribution in [2.45, 2.75) is 25.2 Å². The number of ether oxygens (including phenoxy) is 1. The normalized spacial score (nSPS) is 15.1. The van der Waals surface area contributed by atoms with Gasteiger partial charge >= 0.3 is 12.0 Å². The summed E-state index contributed by atoms with van der Waals surface area (Å²) in [4.78, 5) is 23.3. The molecule has 2 amide bonds. The van der Waals surface area contributed by atoms with Crippen LogP contribution in [0.1, 0.15) is 25.3 Å². The largest absolute Gasteiger partial charge is 0.463 e. The molecule has 1 aliphatic rings. The molecule has 0 atom stereocenters. The van der Waals surface area contributed by atoms with Crippen LogP contribution in [0.25, 0.3) is 0 Å². The molecule has 21 heavy (non-hydrogen) atoms. The standard InChI is InChI=1S/C15H19FN2O3/c1-2-17-14(20)18-9-10-21-13(19)15(7-8-15)11-5-3-4-6-12(11)16/h3-6H,2,7-10H2,1H3,(H2,17,18,20). The van der Waals surface area contributed by atoms with Gasteiger partial charge in [0.05, 0.1) is 12.0 Å². The van der Waals surface area contributed by atoms with Crippen molar-refractivity contribution in [1.29, 1.82) is 0 Å². The van der Waals surface area contributed by atoms with Crippen LogP contribution in [-0.2, 0) is 14.9 Å². The fourth-order valence-corrected chi connectivity index (χ4v) is 2.23. The fourth-order valence-electron chi connectivity index (χ4n) is 2.23. The van der Waals surface area contributed by atoms with Gasteiger partial charge in [0.1, 0.15) is 12.4 Å². The smallest absolute Gasteiger partial charge is 0.316 e. The van der Waals surface area contributed by atoms with Crippen LogP contribution in [0, 0.1) is 5.82 Å². The number of hydrogen-bond acceptors (Lipinski definition) is 3. The van der Waals surface area contributed by atoms with Gasteiger partial charge < -0.3 is 15.4 Å². The second-order valence-electron chi connectivity index (χ2n) is 4.98. The monoisotopic (exact) mass is 294 g/mol. The van der Waals surface area contributed by atoms with E-state index in [1.807, 2.05) is 6.92 Å². The lowest BCUT2D eigenvalue weighted by Gasteiger charge is -2.15. The Morgan fingerprint density at radius 2 is 2.00 bits per heavy atom. The summed E-state index contributed by atoms with van der Waals surface area (Å²) in [6, 6.07) is 5.97. The van der Waals surface area contributed by atoms with E-state index in [2.05, 4.69) is 10.6 Å². The molecular formula is C15H19FN2O3. The first-order valence-electron chi connectivity index (χ1n) is 7.04. The first-order valence-corrected chi connectivity index (χ1v) is 7.04. The van der Waals surface area contributed by atoms with Gasteiger partial charge in [0.2, 0.25) is 0 Å². The van der Waals surface area contributed by atoms with E-state index in [0.29, 0.717) is 24.9 Å². The summed E-state index contributed by atoms with van der Waals surface area (Å²) in [5.41, 5.74) is -0.441. The van der Waals surface area contributed by atoms with Crippen LogP contribution >= 0.6 is 0 Å². The number of nitrogens with one attached hydrogen (secondary N) is 2. The predicted molar refractivity (Wildman–Crippen MR) is 75.3 cm³/mol. The topological polar surface area (TPSA) is 67.4 Å². The lowest BCUT2D eigenvalue weighted by Crippen LogP contribution is -2.37. The van der Waals surface area contributed by atoms with Crippen LogP contribution < -0.4 is 10.6 Å². The van der Waals surface area contributed by atoms with E-state index in [1.165, 1.54) is 6.07 Å². The first kappa shape index (κ1) is 15.3. The molecule has 0 spiro atoms. The number of carbonyl (C=O) groups is 2. The molecule has 0 aliphatic heterocycles. The third-order valence-corrected chi connectivity index (χ3v) is 3.49. The minimum atomic E-state index is -0.836. The Morgan fingerprint density at radius 3 is 2.62 bits per heavy atom. The number of amides is 2.